The van der Waals surface area contributed by atoms with E-state index in [1.165, 1.54) is 17.1 Å². The molecule has 0 saturated carbocycles. The third kappa shape index (κ3) is 2.65. The molecule has 96 valence electrons. The normalized spacial score (nSPS) is 10.0. The van der Waals surface area contributed by atoms with Crippen LogP contribution in [-0.2, 0) is 7.05 Å². The molecule has 0 aliphatic rings. The summed E-state index contributed by atoms with van der Waals surface area (Å²) in [5.41, 5.74) is -0.0266. The third-order valence-corrected chi connectivity index (χ3v) is 2.70. The van der Waals surface area contributed by atoms with E-state index in [1.807, 2.05) is 6.07 Å². The predicted octanol–water partition coefficient (Wildman–Crippen LogP) is 1.64. The number of halogens is 2. The minimum Gasteiger partial charge on any atom is -0.290 e. The fourth-order valence-electron chi connectivity index (χ4n) is 1.36. The Kier molecular flexibility index (Phi) is 3.64. The number of nitriles is 1. The van der Waals surface area contributed by atoms with Crippen molar-refractivity contribution in [2.45, 2.75) is 0 Å². The van der Waals surface area contributed by atoms with E-state index in [0.29, 0.717) is 0 Å². The van der Waals surface area contributed by atoms with Crippen LogP contribution in [0.1, 0.15) is 15.9 Å². The molecular formula is C10H6Cl2N6O. The molecule has 0 bridgehead atoms. The lowest BCUT2D eigenvalue weighted by atomic mass is 10.1. The summed E-state index contributed by atoms with van der Waals surface area (Å²) >= 11 is 11.5. The molecule has 0 aliphatic heterocycles. The van der Waals surface area contributed by atoms with Gasteiger partial charge in [0.25, 0.3) is 5.91 Å². The molecule has 0 fully saturated rings. The molecule has 0 radical (unpaired) electrons. The van der Waals surface area contributed by atoms with E-state index in [4.69, 9.17) is 28.5 Å². The highest BCUT2D eigenvalue weighted by Crippen LogP contribution is 2.22. The lowest BCUT2D eigenvalue weighted by molar-refractivity contribution is 0.102. The molecule has 0 aromatic carbocycles. The maximum absolute atomic E-state index is 12.1. The molecule has 1 N–H and O–H groups in total. The molecule has 0 atom stereocenters. The summed E-state index contributed by atoms with van der Waals surface area (Å²) < 4.78 is 1.36. The van der Waals surface area contributed by atoms with Gasteiger partial charge in [0.2, 0.25) is 5.95 Å². The number of carbonyl (C=O) groups is 1. The zero-order chi connectivity index (χ0) is 14.0. The van der Waals surface area contributed by atoms with Gasteiger partial charge in [-0.05, 0) is 6.07 Å². The summed E-state index contributed by atoms with van der Waals surface area (Å²) in [5.74, 6) is -0.387. The van der Waals surface area contributed by atoms with Crippen molar-refractivity contribution in [3.8, 4) is 6.07 Å². The molecule has 7 nitrogen and oxygen atoms in total. The van der Waals surface area contributed by atoms with Crippen LogP contribution in [0, 0.1) is 11.3 Å². The van der Waals surface area contributed by atoms with Crippen LogP contribution in [-0.4, -0.2) is 25.7 Å². The minimum atomic E-state index is -0.609. The Bertz CT molecular complexity index is 690. The second-order valence-electron chi connectivity index (χ2n) is 3.43. The van der Waals surface area contributed by atoms with E-state index in [9.17, 15) is 4.79 Å². The van der Waals surface area contributed by atoms with Gasteiger partial charge in [-0.3, -0.25) is 10.1 Å². The number of anilines is 1. The number of amides is 1. The van der Waals surface area contributed by atoms with Crippen LogP contribution >= 0.6 is 23.2 Å². The monoisotopic (exact) mass is 296 g/mol. The Morgan fingerprint density at radius 1 is 1.53 bits per heavy atom. The molecule has 1 amide bonds. The molecule has 2 aromatic heterocycles. The topological polar surface area (TPSA) is 96.5 Å². The molecule has 9 heteroatoms. The highest BCUT2D eigenvalue weighted by atomic mass is 35.5. The number of aryl methyl sites for hydroxylation is 1. The molecule has 0 unspecified atom stereocenters. The second kappa shape index (κ2) is 5.22. The summed E-state index contributed by atoms with van der Waals surface area (Å²) in [6.07, 6.45) is 1.28. The Morgan fingerprint density at radius 3 is 2.84 bits per heavy atom. The number of carbonyl (C=O) groups excluding carboxylic acids is 1. The van der Waals surface area contributed by atoms with Gasteiger partial charge in [-0.15, -0.1) is 0 Å². The number of rotatable bonds is 2. The Balaban J connectivity index is 2.40. The fourth-order valence-corrected chi connectivity index (χ4v) is 1.88. The van der Waals surface area contributed by atoms with Crippen LogP contribution in [0.15, 0.2) is 12.4 Å². The predicted molar refractivity (Wildman–Crippen MR) is 67.9 cm³/mol. The second-order valence-corrected chi connectivity index (χ2v) is 4.18. The van der Waals surface area contributed by atoms with Crippen LogP contribution in [0.3, 0.4) is 0 Å². The van der Waals surface area contributed by atoms with Gasteiger partial charge >= 0.3 is 0 Å². The van der Waals surface area contributed by atoms with Gasteiger partial charge in [-0.2, -0.15) is 15.3 Å². The average molecular weight is 297 g/mol. The van der Waals surface area contributed by atoms with Crippen molar-refractivity contribution in [3.05, 3.63) is 33.8 Å². The molecule has 2 aromatic rings. The van der Waals surface area contributed by atoms with E-state index in [1.54, 1.807) is 7.05 Å². The van der Waals surface area contributed by atoms with E-state index >= 15 is 0 Å². The number of pyridine rings is 1. The van der Waals surface area contributed by atoms with Gasteiger partial charge in [0, 0.05) is 7.05 Å². The molecule has 0 aliphatic carbocycles. The van der Waals surface area contributed by atoms with Gasteiger partial charge < -0.3 is 0 Å². The van der Waals surface area contributed by atoms with Crippen LogP contribution < -0.4 is 5.32 Å². The molecular weight excluding hydrogens is 291 g/mol. The zero-order valence-corrected chi connectivity index (χ0v) is 11.1. The Hall–Kier alpha value is -2.17. The van der Waals surface area contributed by atoms with E-state index < -0.39 is 5.91 Å². The summed E-state index contributed by atoms with van der Waals surface area (Å²) in [5, 5.41) is 15.1. The van der Waals surface area contributed by atoms with Crippen LogP contribution in [0.25, 0.3) is 0 Å². The molecule has 19 heavy (non-hydrogen) atoms. The average Bonchev–Trinajstić information content (AvgIpc) is 2.73. The summed E-state index contributed by atoms with van der Waals surface area (Å²) in [7, 11) is 1.61. The first-order valence-corrected chi connectivity index (χ1v) is 5.70. The maximum atomic E-state index is 12.1. The first-order valence-electron chi connectivity index (χ1n) is 4.94. The van der Waals surface area contributed by atoms with Crippen molar-refractivity contribution in [1.82, 2.24) is 19.7 Å². The summed E-state index contributed by atoms with van der Waals surface area (Å²) in [6.45, 7) is 0. The SMILES string of the molecule is Cn1ncnc1NC(=O)c1c(C#N)cc(Cl)nc1Cl. The van der Waals surface area contributed by atoms with Gasteiger partial charge in [0.05, 0.1) is 11.1 Å². The highest BCUT2D eigenvalue weighted by Gasteiger charge is 2.19. The zero-order valence-electron chi connectivity index (χ0n) is 9.55. The van der Waals surface area contributed by atoms with Crippen molar-refractivity contribution < 1.29 is 4.79 Å². The highest BCUT2D eigenvalue weighted by molar-refractivity contribution is 6.35. The smallest absolute Gasteiger partial charge is 0.262 e. The lowest BCUT2D eigenvalue weighted by Gasteiger charge is -2.07. The van der Waals surface area contributed by atoms with E-state index in [-0.39, 0.29) is 27.4 Å². The molecule has 0 spiro atoms. The van der Waals surface area contributed by atoms with Crippen LogP contribution in [0.4, 0.5) is 5.95 Å². The van der Waals surface area contributed by atoms with Gasteiger partial charge in [0.15, 0.2) is 0 Å². The summed E-state index contributed by atoms with van der Waals surface area (Å²) in [6, 6.07) is 3.10. The number of hydrogen-bond acceptors (Lipinski definition) is 5. The van der Waals surface area contributed by atoms with E-state index in [2.05, 4.69) is 20.4 Å². The maximum Gasteiger partial charge on any atom is 0.262 e. The van der Waals surface area contributed by atoms with Crippen LogP contribution in [0.5, 0.6) is 0 Å². The minimum absolute atomic E-state index is 0.0321. The standard InChI is InChI=1S/C10H6Cl2N6O/c1-18-10(14-4-15-18)17-9(19)7-5(3-13)2-6(11)16-8(7)12/h2,4H,1H3,(H,14,15,17,19). The Morgan fingerprint density at radius 2 is 2.26 bits per heavy atom. The van der Waals surface area contributed by atoms with Crippen molar-refractivity contribution in [1.29, 1.82) is 5.26 Å². The summed E-state index contributed by atoms with van der Waals surface area (Å²) in [4.78, 5) is 19.6. The fraction of sp³-hybridized carbons (Fsp3) is 0.100. The van der Waals surface area contributed by atoms with Crippen LogP contribution in [0.2, 0.25) is 10.3 Å². The largest absolute Gasteiger partial charge is 0.290 e. The van der Waals surface area contributed by atoms with Crippen molar-refractivity contribution >= 4 is 35.1 Å². The number of nitrogens with one attached hydrogen (secondary N) is 1. The van der Waals surface area contributed by atoms with E-state index in [0.717, 1.165) is 0 Å². The molecule has 0 saturated heterocycles. The number of nitrogens with zero attached hydrogens (tertiary/aromatic N) is 5. The number of hydrogen-bond donors (Lipinski definition) is 1. The quantitative estimate of drug-likeness (QED) is 0.850. The molecule has 2 heterocycles. The third-order valence-electron chi connectivity index (χ3n) is 2.23. The Labute approximate surface area is 117 Å². The van der Waals surface area contributed by atoms with Gasteiger partial charge in [0.1, 0.15) is 22.7 Å². The van der Waals surface area contributed by atoms with Crippen molar-refractivity contribution in [3.63, 3.8) is 0 Å². The van der Waals surface area contributed by atoms with Crippen molar-refractivity contribution in [2.75, 3.05) is 5.32 Å². The number of aromatic nitrogens is 4. The van der Waals surface area contributed by atoms with Gasteiger partial charge in [-0.1, -0.05) is 23.2 Å². The van der Waals surface area contributed by atoms with Gasteiger partial charge in [-0.25, -0.2) is 9.67 Å². The first-order chi connectivity index (χ1) is 9.02. The first kappa shape index (κ1) is 13.3. The lowest BCUT2D eigenvalue weighted by Crippen LogP contribution is -2.17. The van der Waals surface area contributed by atoms with Crippen molar-refractivity contribution in [2.24, 2.45) is 7.05 Å². The molecule has 2 rings (SSSR count).